The van der Waals surface area contributed by atoms with Crippen LogP contribution in [0.2, 0.25) is 0 Å². The van der Waals surface area contributed by atoms with Crippen molar-refractivity contribution in [2.24, 2.45) is 0 Å². The molecule has 0 heterocycles. The Hall–Kier alpha value is -0.220. The molecule has 4 heteroatoms. The van der Waals surface area contributed by atoms with Gasteiger partial charge in [0.1, 0.15) is 0 Å². The van der Waals surface area contributed by atoms with Crippen LogP contribution in [-0.4, -0.2) is 36.7 Å². The largest absolute Gasteiger partial charge is 0.468 e. The third-order valence-corrected chi connectivity index (χ3v) is 5.71. The number of esters is 1. The Bertz CT molecular complexity index is 274. The van der Waals surface area contributed by atoms with E-state index in [4.69, 9.17) is 4.74 Å². The second-order valence-electron chi connectivity index (χ2n) is 6.00. The number of thioether (sulfide) groups is 1. The fourth-order valence-corrected chi connectivity index (χ4v) is 4.35. The van der Waals surface area contributed by atoms with Gasteiger partial charge in [0.25, 0.3) is 0 Å². The van der Waals surface area contributed by atoms with Crippen LogP contribution in [0.25, 0.3) is 0 Å². The quantitative estimate of drug-likeness (QED) is 0.773. The zero-order valence-electron chi connectivity index (χ0n) is 13.9. The number of hydrogen-bond acceptors (Lipinski definition) is 4. The van der Waals surface area contributed by atoms with Gasteiger partial charge in [0.05, 0.1) is 12.9 Å². The lowest BCUT2D eigenvalue weighted by Crippen LogP contribution is -2.38. The van der Waals surface area contributed by atoms with Gasteiger partial charge in [0.2, 0.25) is 0 Å². The van der Waals surface area contributed by atoms with Crippen LogP contribution >= 0.6 is 11.8 Å². The standard InChI is InChI=1S/C17H33NO2S/c1-3-18-15-12-10-8-6-4-5-7-9-11-13-16(15)21-14-17(19)20-2/h15-16,18H,3-14H2,1-2H3. The van der Waals surface area contributed by atoms with Crippen molar-refractivity contribution in [3.05, 3.63) is 0 Å². The van der Waals surface area contributed by atoms with Gasteiger partial charge in [-0.05, 0) is 19.4 Å². The molecule has 3 nitrogen and oxygen atoms in total. The summed E-state index contributed by atoms with van der Waals surface area (Å²) in [5.74, 6) is 0.393. The van der Waals surface area contributed by atoms with E-state index in [-0.39, 0.29) is 5.97 Å². The van der Waals surface area contributed by atoms with Crippen LogP contribution < -0.4 is 5.32 Å². The Morgan fingerprint density at radius 3 is 2.19 bits per heavy atom. The highest BCUT2D eigenvalue weighted by molar-refractivity contribution is 8.00. The molecule has 0 bridgehead atoms. The molecule has 1 aliphatic rings. The lowest BCUT2D eigenvalue weighted by Gasteiger charge is -2.28. The van der Waals surface area contributed by atoms with E-state index in [1.165, 1.54) is 71.3 Å². The molecule has 2 unspecified atom stereocenters. The van der Waals surface area contributed by atoms with Gasteiger partial charge in [-0.15, -0.1) is 11.8 Å². The Labute approximate surface area is 135 Å². The van der Waals surface area contributed by atoms with Crippen molar-refractivity contribution in [3.63, 3.8) is 0 Å². The predicted octanol–water partition coefficient (Wildman–Crippen LogP) is 4.15. The van der Waals surface area contributed by atoms with Gasteiger partial charge in [-0.25, -0.2) is 0 Å². The fourth-order valence-electron chi connectivity index (χ4n) is 3.09. The zero-order chi connectivity index (χ0) is 15.3. The van der Waals surface area contributed by atoms with Gasteiger partial charge in [-0.2, -0.15) is 0 Å². The summed E-state index contributed by atoms with van der Waals surface area (Å²) in [5, 5.41) is 4.20. The first-order valence-corrected chi connectivity index (χ1v) is 9.74. The topological polar surface area (TPSA) is 38.3 Å². The van der Waals surface area contributed by atoms with Crippen molar-refractivity contribution in [1.29, 1.82) is 0 Å². The number of carbonyl (C=O) groups excluding carboxylic acids is 1. The maximum absolute atomic E-state index is 11.4. The Kier molecular flexibility index (Phi) is 11.1. The SMILES string of the molecule is CCNC1CCCCCCCCCCC1SCC(=O)OC. The van der Waals surface area contributed by atoms with Crippen LogP contribution in [0.3, 0.4) is 0 Å². The molecule has 0 radical (unpaired) electrons. The van der Waals surface area contributed by atoms with E-state index in [0.29, 0.717) is 17.0 Å². The summed E-state index contributed by atoms with van der Waals surface area (Å²) in [6, 6.07) is 0.545. The Morgan fingerprint density at radius 2 is 1.62 bits per heavy atom. The van der Waals surface area contributed by atoms with E-state index in [0.717, 1.165) is 6.54 Å². The zero-order valence-corrected chi connectivity index (χ0v) is 14.7. The number of hydrogen-bond donors (Lipinski definition) is 1. The van der Waals surface area contributed by atoms with Crippen LogP contribution in [-0.2, 0) is 9.53 Å². The summed E-state index contributed by atoms with van der Waals surface area (Å²) in [6.45, 7) is 3.19. The van der Waals surface area contributed by atoms with E-state index in [1.807, 2.05) is 0 Å². The van der Waals surface area contributed by atoms with Crippen LogP contribution in [0.5, 0.6) is 0 Å². The highest BCUT2D eigenvalue weighted by atomic mass is 32.2. The lowest BCUT2D eigenvalue weighted by molar-refractivity contribution is -0.137. The van der Waals surface area contributed by atoms with Gasteiger partial charge < -0.3 is 10.1 Å². The van der Waals surface area contributed by atoms with Crippen molar-refractivity contribution in [3.8, 4) is 0 Å². The summed E-state index contributed by atoms with van der Waals surface area (Å²) >= 11 is 1.79. The highest BCUT2D eigenvalue weighted by Gasteiger charge is 2.22. The molecule has 0 spiro atoms. The average molecular weight is 316 g/mol. The first kappa shape index (κ1) is 18.8. The highest BCUT2D eigenvalue weighted by Crippen LogP contribution is 2.26. The fraction of sp³-hybridized carbons (Fsp3) is 0.941. The molecule has 0 aromatic heterocycles. The lowest BCUT2D eigenvalue weighted by atomic mass is 9.97. The van der Waals surface area contributed by atoms with Crippen molar-refractivity contribution in [2.45, 2.75) is 82.4 Å². The van der Waals surface area contributed by atoms with Gasteiger partial charge in [0.15, 0.2) is 0 Å². The molecule has 1 N–H and O–H groups in total. The number of ether oxygens (including phenoxy) is 1. The first-order chi connectivity index (χ1) is 10.3. The minimum atomic E-state index is -0.0960. The van der Waals surface area contributed by atoms with Crippen LogP contribution in [0.4, 0.5) is 0 Å². The van der Waals surface area contributed by atoms with Crippen molar-refractivity contribution < 1.29 is 9.53 Å². The average Bonchev–Trinajstić information content (AvgIpc) is 2.49. The second-order valence-corrected chi connectivity index (χ2v) is 7.22. The summed E-state index contributed by atoms with van der Waals surface area (Å²) < 4.78 is 4.79. The third kappa shape index (κ3) is 8.72. The molecule has 0 aromatic rings. The van der Waals surface area contributed by atoms with Crippen molar-refractivity contribution >= 4 is 17.7 Å². The van der Waals surface area contributed by atoms with Crippen molar-refractivity contribution in [1.82, 2.24) is 5.32 Å². The van der Waals surface area contributed by atoms with E-state index < -0.39 is 0 Å². The second kappa shape index (κ2) is 12.3. The Balaban J connectivity index is 2.54. The van der Waals surface area contributed by atoms with Gasteiger partial charge in [-0.3, -0.25) is 4.79 Å². The van der Waals surface area contributed by atoms with E-state index in [9.17, 15) is 4.79 Å². The molecule has 0 aromatic carbocycles. The van der Waals surface area contributed by atoms with Crippen molar-refractivity contribution in [2.75, 3.05) is 19.4 Å². The monoisotopic (exact) mass is 315 g/mol. The minimum Gasteiger partial charge on any atom is -0.468 e. The predicted molar refractivity (Wildman–Crippen MR) is 91.9 cm³/mol. The molecule has 1 fully saturated rings. The summed E-state index contributed by atoms with van der Waals surface area (Å²) in [4.78, 5) is 11.4. The molecule has 0 aliphatic heterocycles. The maximum Gasteiger partial charge on any atom is 0.315 e. The summed E-state index contributed by atoms with van der Waals surface area (Å²) in [5.41, 5.74) is 0. The van der Waals surface area contributed by atoms with E-state index in [2.05, 4.69) is 12.2 Å². The number of rotatable bonds is 5. The molecule has 21 heavy (non-hydrogen) atoms. The normalized spacial score (nSPS) is 25.6. The number of nitrogens with one attached hydrogen (secondary N) is 1. The van der Waals surface area contributed by atoms with Crippen LogP contribution in [0, 0.1) is 0 Å². The third-order valence-electron chi connectivity index (χ3n) is 4.31. The van der Waals surface area contributed by atoms with Crippen LogP contribution in [0.1, 0.15) is 71.1 Å². The summed E-state index contributed by atoms with van der Waals surface area (Å²) in [6.07, 6.45) is 13.3. The molecule has 124 valence electrons. The van der Waals surface area contributed by atoms with Gasteiger partial charge >= 0.3 is 5.97 Å². The molecule has 1 saturated carbocycles. The minimum absolute atomic E-state index is 0.0960. The Morgan fingerprint density at radius 1 is 1.05 bits per heavy atom. The molecule has 0 saturated heterocycles. The maximum atomic E-state index is 11.4. The van der Waals surface area contributed by atoms with E-state index >= 15 is 0 Å². The molecular weight excluding hydrogens is 282 g/mol. The molecular formula is C17H33NO2S. The number of carbonyl (C=O) groups is 1. The molecule has 1 aliphatic carbocycles. The van der Waals surface area contributed by atoms with Gasteiger partial charge in [0, 0.05) is 11.3 Å². The molecule has 1 rings (SSSR count). The summed E-state index contributed by atoms with van der Waals surface area (Å²) in [7, 11) is 1.48. The molecule has 0 amide bonds. The first-order valence-electron chi connectivity index (χ1n) is 8.69. The smallest absolute Gasteiger partial charge is 0.315 e. The van der Waals surface area contributed by atoms with Crippen LogP contribution in [0.15, 0.2) is 0 Å². The van der Waals surface area contributed by atoms with Gasteiger partial charge in [-0.1, -0.05) is 58.3 Å². The number of methoxy groups -OCH3 is 1. The molecule has 2 atom stereocenters. The van der Waals surface area contributed by atoms with E-state index in [1.54, 1.807) is 11.8 Å².